The van der Waals surface area contributed by atoms with Crippen molar-refractivity contribution >= 4 is 27.5 Å². The van der Waals surface area contributed by atoms with Gasteiger partial charge in [0.05, 0.1) is 16.8 Å². The predicted molar refractivity (Wildman–Crippen MR) is 113 cm³/mol. The monoisotopic (exact) mass is 398 g/mol. The van der Waals surface area contributed by atoms with Crippen LogP contribution in [0, 0.1) is 11.3 Å². The van der Waals surface area contributed by atoms with Gasteiger partial charge in [-0.25, -0.2) is 4.98 Å². The summed E-state index contributed by atoms with van der Waals surface area (Å²) in [6, 6.07) is 8.40. The highest BCUT2D eigenvalue weighted by atomic mass is 32.1. The SMILES string of the molecule is CN1CCCN(C(=O)C2CC23CCN(Cc2nc4ccccc4s2)CC3)CC1. The fourth-order valence-electron chi connectivity index (χ4n) is 5.07. The van der Waals surface area contributed by atoms with Crippen LogP contribution in [-0.2, 0) is 11.3 Å². The molecule has 3 aliphatic rings. The first kappa shape index (κ1) is 18.5. The number of para-hydroxylation sites is 1. The van der Waals surface area contributed by atoms with Crippen molar-refractivity contribution in [2.75, 3.05) is 46.3 Å². The number of carbonyl (C=O) groups excluding carboxylic acids is 1. The van der Waals surface area contributed by atoms with Crippen molar-refractivity contribution in [1.82, 2.24) is 19.7 Å². The van der Waals surface area contributed by atoms with E-state index in [0.717, 1.165) is 64.2 Å². The Morgan fingerprint density at radius 2 is 1.96 bits per heavy atom. The van der Waals surface area contributed by atoms with E-state index in [0.29, 0.717) is 17.2 Å². The molecule has 2 saturated heterocycles. The van der Waals surface area contributed by atoms with Crippen LogP contribution in [0.25, 0.3) is 10.2 Å². The highest BCUT2D eigenvalue weighted by molar-refractivity contribution is 7.18. The average Bonchev–Trinajstić information content (AvgIpc) is 3.32. The molecule has 28 heavy (non-hydrogen) atoms. The van der Waals surface area contributed by atoms with Gasteiger partial charge in [-0.2, -0.15) is 0 Å². The Hall–Kier alpha value is -1.50. The lowest BCUT2D eigenvalue weighted by Gasteiger charge is -2.33. The smallest absolute Gasteiger partial charge is 0.226 e. The number of likely N-dealkylation sites (tertiary alicyclic amines) is 1. The number of nitrogens with zero attached hydrogens (tertiary/aromatic N) is 4. The maximum Gasteiger partial charge on any atom is 0.226 e. The molecule has 2 aliphatic heterocycles. The zero-order valence-electron chi connectivity index (χ0n) is 16.8. The third-order valence-electron chi connectivity index (χ3n) is 7.07. The van der Waals surface area contributed by atoms with Gasteiger partial charge in [0.15, 0.2) is 0 Å². The normalized spacial score (nSPS) is 25.9. The predicted octanol–water partition coefficient (Wildman–Crippen LogP) is 3.06. The van der Waals surface area contributed by atoms with Crippen molar-refractivity contribution in [3.63, 3.8) is 0 Å². The van der Waals surface area contributed by atoms with Gasteiger partial charge in [0.1, 0.15) is 5.01 Å². The third-order valence-corrected chi connectivity index (χ3v) is 8.09. The molecule has 5 rings (SSSR count). The molecule has 3 heterocycles. The number of rotatable bonds is 3. The first-order valence-corrected chi connectivity index (χ1v) is 11.5. The van der Waals surface area contributed by atoms with E-state index < -0.39 is 0 Å². The Morgan fingerprint density at radius 1 is 1.14 bits per heavy atom. The Balaban J connectivity index is 1.15. The first-order chi connectivity index (χ1) is 13.6. The minimum Gasteiger partial charge on any atom is -0.341 e. The van der Waals surface area contributed by atoms with Crippen LogP contribution in [0.2, 0.25) is 0 Å². The summed E-state index contributed by atoms with van der Waals surface area (Å²) in [6.07, 6.45) is 4.56. The Kier molecular flexibility index (Phi) is 4.89. The molecule has 150 valence electrons. The van der Waals surface area contributed by atoms with Crippen molar-refractivity contribution in [3.05, 3.63) is 29.3 Å². The molecule has 1 aromatic carbocycles. The molecule has 1 unspecified atom stereocenters. The second-order valence-electron chi connectivity index (χ2n) is 8.95. The van der Waals surface area contributed by atoms with Crippen LogP contribution >= 0.6 is 11.3 Å². The molecule has 3 fully saturated rings. The van der Waals surface area contributed by atoms with Gasteiger partial charge in [0.25, 0.3) is 0 Å². The van der Waals surface area contributed by atoms with Crippen LogP contribution in [0.15, 0.2) is 24.3 Å². The molecule has 0 radical (unpaired) electrons. The number of amides is 1. The van der Waals surface area contributed by atoms with Gasteiger partial charge in [0, 0.05) is 25.6 Å². The van der Waals surface area contributed by atoms with E-state index in [1.165, 1.54) is 22.5 Å². The van der Waals surface area contributed by atoms with E-state index in [-0.39, 0.29) is 0 Å². The highest BCUT2D eigenvalue weighted by Crippen LogP contribution is 2.60. The number of carbonyl (C=O) groups is 1. The number of hydrogen-bond donors (Lipinski definition) is 0. The minimum atomic E-state index is 0.292. The Labute approximate surface area is 171 Å². The van der Waals surface area contributed by atoms with E-state index in [9.17, 15) is 4.79 Å². The van der Waals surface area contributed by atoms with Crippen molar-refractivity contribution in [1.29, 1.82) is 0 Å². The standard InChI is InChI=1S/C22H30N4OS/c1-24-9-4-10-26(14-13-24)21(27)17-15-22(17)7-11-25(12-8-22)16-20-23-18-5-2-3-6-19(18)28-20/h2-3,5-6,17H,4,7-16H2,1H3. The van der Waals surface area contributed by atoms with Gasteiger partial charge >= 0.3 is 0 Å². The molecule has 1 atom stereocenters. The third kappa shape index (κ3) is 3.58. The van der Waals surface area contributed by atoms with Gasteiger partial charge in [-0.1, -0.05) is 12.1 Å². The zero-order chi connectivity index (χ0) is 19.1. The first-order valence-electron chi connectivity index (χ1n) is 10.7. The van der Waals surface area contributed by atoms with Crippen LogP contribution in [0.5, 0.6) is 0 Å². The summed E-state index contributed by atoms with van der Waals surface area (Å²) in [5.41, 5.74) is 1.42. The zero-order valence-corrected chi connectivity index (χ0v) is 17.6. The fraction of sp³-hybridized carbons (Fsp3) is 0.636. The largest absolute Gasteiger partial charge is 0.341 e. The van der Waals surface area contributed by atoms with E-state index in [2.05, 4.69) is 46.0 Å². The van der Waals surface area contributed by atoms with Gasteiger partial charge in [-0.05, 0) is 69.9 Å². The van der Waals surface area contributed by atoms with Gasteiger partial charge < -0.3 is 9.80 Å². The number of thiazole rings is 1. The summed E-state index contributed by atoms with van der Waals surface area (Å²) in [5, 5.41) is 1.22. The maximum absolute atomic E-state index is 13.1. The van der Waals surface area contributed by atoms with Gasteiger partial charge in [-0.15, -0.1) is 11.3 Å². The number of benzene rings is 1. The summed E-state index contributed by atoms with van der Waals surface area (Å²) in [5.74, 6) is 0.732. The lowest BCUT2D eigenvalue weighted by molar-refractivity contribution is -0.133. The molecule has 0 N–H and O–H groups in total. The number of fused-ring (bicyclic) bond motifs is 1. The highest BCUT2D eigenvalue weighted by Gasteiger charge is 2.59. The fourth-order valence-corrected chi connectivity index (χ4v) is 6.08. The summed E-state index contributed by atoms with van der Waals surface area (Å²) in [6.45, 7) is 7.13. The van der Waals surface area contributed by atoms with Crippen molar-refractivity contribution in [3.8, 4) is 0 Å². The number of likely N-dealkylation sites (N-methyl/N-ethyl adjacent to an activating group) is 1. The molecular formula is C22H30N4OS. The summed E-state index contributed by atoms with van der Waals surface area (Å²) in [4.78, 5) is 24.9. The number of piperidine rings is 1. The quantitative estimate of drug-likeness (QED) is 0.797. The molecule has 1 aromatic heterocycles. The van der Waals surface area contributed by atoms with E-state index >= 15 is 0 Å². The lowest BCUT2D eigenvalue weighted by atomic mass is 9.90. The summed E-state index contributed by atoms with van der Waals surface area (Å²) < 4.78 is 1.28. The Morgan fingerprint density at radius 3 is 2.79 bits per heavy atom. The number of hydrogen-bond acceptors (Lipinski definition) is 5. The second-order valence-corrected chi connectivity index (χ2v) is 10.1. The topological polar surface area (TPSA) is 39.7 Å². The van der Waals surface area contributed by atoms with Crippen molar-refractivity contribution in [2.45, 2.75) is 32.2 Å². The van der Waals surface area contributed by atoms with Crippen LogP contribution in [0.3, 0.4) is 0 Å². The van der Waals surface area contributed by atoms with Gasteiger partial charge in [-0.3, -0.25) is 9.69 Å². The van der Waals surface area contributed by atoms with E-state index in [1.54, 1.807) is 0 Å². The molecule has 5 nitrogen and oxygen atoms in total. The Bertz CT molecular complexity index is 824. The minimum absolute atomic E-state index is 0.292. The lowest BCUT2D eigenvalue weighted by Crippen LogP contribution is -2.39. The van der Waals surface area contributed by atoms with Crippen LogP contribution in [0.1, 0.15) is 30.7 Å². The molecule has 1 aliphatic carbocycles. The maximum atomic E-state index is 13.1. The molecule has 2 aromatic rings. The van der Waals surface area contributed by atoms with Crippen molar-refractivity contribution < 1.29 is 4.79 Å². The molecular weight excluding hydrogens is 368 g/mol. The summed E-state index contributed by atoms with van der Waals surface area (Å²) in [7, 11) is 2.16. The van der Waals surface area contributed by atoms with Crippen LogP contribution in [-0.4, -0.2) is 71.9 Å². The number of aromatic nitrogens is 1. The van der Waals surface area contributed by atoms with Crippen molar-refractivity contribution in [2.24, 2.45) is 11.3 Å². The second kappa shape index (κ2) is 7.39. The van der Waals surface area contributed by atoms with Crippen LogP contribution < -0.4 is 0 Å². The van der Waals surface area contributed by atoms with E-state index in [4.69, 9.17) is 4.98 Å². The van der Waals surface area contributed by atoms with Crippen LogP contribution in [0.4, 0.5) is 0 Å². The average molecular weight is 399 g/mol. The summed E-state index contributed by atoms with van der Waals surface area (Å²) >= 11 is 1.82. The molecule has 1 spiro atoms. The molecule has 6 heteroatoms. The molecule has 1 amide bonds. The molecule has 0 bridgehead atoms. The van der Waals surface area contributed by atoms with Gasteiger partial charge in [0.2, 0.25) is 5.91 Å². The molecule has 1 saturated carbocycles. The van der Waals surface area contributed by atoms with E-state index in [1.807, 2.05) is 11.3 Å².